The predicted molar refractivity (Wildman–Crippen MR) is 89.4 cm³/mol. The van der Waals surface area contributed by atoms with Gasteiger partial charge in [0.1, 0.15) is 0 Å². The molecule has 0 fully saturated rings. The van der Waals surface area contributed by atoms with Crippen LogP contribution in [0.15, 0.2) is 41.8 Å². The van der Waals surface area contributed by atoms with Crippen LogP contribution in [0.1, 0.15) is 10.4 Å². The van der Waals surface area contributed by atoms with Gasteiger partial charge in [0, 0.05) is 24.5 Å². The molecule has 0 spiro atoms. The molecule has 1 aromatic carbocycles. The van der Waals surface area contributed by atoms with E-state index in [1.165, 1.54) is 0 Å². The van der Waals surface area contributed by atoms with E-state index in [0.717, 1.165) is 10.4 Å². The Labute approximate surface area is 134 Å². The van der Waals surface area contributed by atoms with Crippen molar-refractivity contribution in [3.8, 4) is 11.5 Å². The van der Waals surface area contributed by atoms with Gasteiger partial charge in [-0.25, -0.2) is 0 Å². The van der Waals surface area contributed by atoms with Gasteiger partial charge >= 0.3 is 0 Å². The van der Waals surface area contributed by atoms with Crippen LogP contribution < -0.4 is 9.47 Å². The standard InChI is InChI=1S/C17H19NO3S/c1-18(17(19)9-7-14-5-4-10-22-14)12-13-6-8-15(20-2)16(11-13)21-3/h4-11H,12H2,1-3H3/b9-7+. The van der Waals surface area contributed by atoms with Crippen LogP contribution in [0.3, 0.4) is 0 Å². The fourth-order valence-electron chi connectivity index (χ4n) is 2.00. The molecular formula is C17H19NO3S. The Bertz CT molecular complexity index is 650. The molecule has 0 bridgehead atoms. The van der Waals surface area contributed by atoms with Crippen LogP contribution in [0, 0.1) is 0 Å². The number of amides is 1. The quantitative estimate of drug-likeness (QED) is 0.766. The van der Waals surface area contributed by atoms with Gasteiger partial charge in [-0.2, -0.15) is 0 Å². The van der Waals surface area contributed by atoms with E-state index in [9.17, 15) is 4.79 Å². The number of hydrogen-bond acceptors (Lipinski definition) is 4. The first-order chi connectivity index (χ1) is 10.6. The molecule has 0 radical (unpaired) electrons. The maximum Gasteiger partial charge on any atom is 0.246 e. The molecule has 116 valence electrons. The van der Waals surface area contributed by atoms with Crippen LogP contribution in [0.2, 0.25) is 0 Å². The summed E-state index contributed by atoms with van der Waals surface area (Å²) in [5.74, 6) is 1.30. The zero-order valence-electron chi connectivity index (χ0n) is 12.9. The smallest absolute Gasteiger partial charge is 0.246 e. The van der Waals surface area contributed by atoms with E-state index < -0.39 is 0 Å². The zero-order valence-corrected chi connectivity index (χ0v) is 13.7. The Hall–Kier alpha value is -2.27. The molecule has 22 heavy (non-hydrogen) atoms. The Morgan fingerprint density at radius 2 is 2.00 bits per heavy atom. The molecule has 0 atom stereocenters. The molecule has 0 aliphatic rings. The molecule has 0 saturated heterocycles. The van der Waals surface area contributed by atoms with E-state index in [-0.39, 0.29) is 5.91 Å². The van der Waals surface area contributed by atoms with Crippen molar-refractivity contribution >= 4 is 23.3 Å². The third-order valence-electron chi connectivity index (χ3n) is 3.18. The fraction of sp³-hybridized carbons (Fsp3) is 0.235. The second-order valence-corrected chi connectivity index (χ2v) is 5.71. The maximum absolute atomic E-state index is 12.1. The summed E-state index contributed by atoms with van der Waals surface area (Å²) in [6, 6.07) is 9.58. The van der Waals surface area contributed by atoms with Crippen molar-refractivity contribution in [1.29, 1.82) is 0 Å². The van der Waals surface area contributed by atoms with Gasteiger partial charge in [-0.1, -0.05) is 12.1 Å². The molecule has 0 aliphatic heterocycles. The summed E-state index contributed by atoms with van der Waals surface area (Å²) in [5, 5.41) is 1.98. The summed E-state index contributed by atoms with van der Waals surface area (Å²) in [6.45, 7) is 0.508. The van der Waals surface area contributed by atoms with Crippen LogP contribution in [-0.2, 0) is 11.3 Å². The second-order valence-electron chi connectivity index (χ2n) is 4.73. The van der Waals surface area contributed by atoms with E-state index in [1.807, 2.05) is 41.8 Å². The molecule has 0 saturated carbocycles. The maximum atomic E-state index is 12.1. The Kier molecular flexibility index (Phi) is 5.61. The lowest BCUT2D eigenvalue weighted by Gasteiger charge is -2.16. The SMILES string of the molecule is COc1ccc(CN(C)C(=O)/C=C/c2cccs2)cc1OC. The number of hydrogen-bond donors (Lipinski definition) is 0. The summed E-state index contributed by atoms with van der Waals surface area (Å²) < 4.78 is 10.5. The lowest BCUT2D eigenvalue weighted by molar-refractivity contribution is -0.125. The minimum Gasteiger partial charge on any atom is -0.493 e. The first kappa shape index (κ1) is 16.1. The normalized spacial score (nSPS) is 10.7. The van der Waals surface area contributed by atoms with Crippen LogP contribution in [0.4, 0.5) is 0 Å². The molecular weight excluding hydrogens is 298 g/mol. The Morgan fingerprint density at radius 1 is 1.23 bits per heavy atom. The van der Waals surface area contributed by atoms with Crippen molar-refractivity contribution in [2.24, 2.45) is 0 Å². The van der Waals surface area contributed by atoms with Gasteiger partial charge in [0.25, 0.3) is 0 Å². The molecule has 0 N–H and O–H groups in total. The number of methoxy groups -OCH3 is 2. The van der Waals surface area contributed by atoms with Gasteiger partial charge in [-0.05, 0) is 35.2 Å². The van der Waals surface area contributed by atoms with Gasteiger partial charge < -0.3 is 14.4 Å². The molecule has 5 heteroatoms. The Balaban J connectivity index is 2.02. The molecule has 1 heterocycles. The van der Waals surface area contributed by atoms with Crippen molar-refractivity contribution in [2.45, 2.75) is 6.54 Å². The lowest BCUT2D eigenvalue weighted by Crippen LogP contribution is -2.24. The van der Waals surface area contributed by atoms with Crippen LogP contribution in [-0.4, -0.2) is 32.1 Å². The number of benzene rings is 1. The lowest BCUT2D eigenvalue weighted by atomic mass is 10.2. The summed E-state index contributed by atoms with van der Waals surface area (Å²) >= 11 is 1.60. The highest BCUT2D eigenvalue weighted by molar-refractivity contribution is 7.10. The highest BCUT2D eigenvalue weighted by Gasteiger charge is 2.09. The zero-order chi connectivity index (χ0) is 15.9. The topological polar surface area (TPSA) is 38.8 Å². The average Bonchev–Trinajstić information content (AvgIpc) is 3.05. The van der Waals surface area contributed by atoms with Crippen molar-refractivity contribution in [1.82, 2.24) is 4.90 Å². The van der Waals surface area contributed by atoms with Gasteiger partial charge in [0.15, 0.2) is 11.5 Å². The number of thiophene rings is 1. The summed E-state index contributed by atoms with van der Waals surface area (Å²) in [5.41, 5.74) is 0.984. The highest BCUT2D eigenvalue weighted by Crippen LogP contribution is 2.27. The van der Waals surface area contributed by atoms with Crippen molar-refractivity contribution < 1.29 is 14.3 Å². The van der Waals surface area contributed by atoms with Crippen LogP contribution in [0.25, 0.3) is 6.08 Å². The molecule has 1 aromatic heterocycles. The van der Waals surface area contributed by atoms with Crippen molar-refractivity contribution in [3.63, 3.8) is 0 Å². The van der Waals surface area contributed by atoms with E-state index in [0.29, 0.717) is 18.0 Å². The number of carbonyl (C=O) groups is 1. The molecule has 0 aliphatic carbocycles. The minimum absolute atomic E-state index is 0.0387. The van der Waals surface area contributed by atoms with E-state index in [1.54, 1.807) is 43.6 Å². The van der Waals surface area contributed by atoms with Crippen LogP contribution >= 0.6 is 11.3 Å². The molecule has 2 rings (SSSR count). The minimum atomic E-state index is -0.0387. The first-order valence-corrected chi connectivity index (χ1v) is 7.69. The summed E-state index contributed by atoms with van der Waals surface area (Å²) in [4.78, 5) is 14.8. The second kappa shape index (κ2) is 7.66. The van der Waals surface area contributed by atoms with Gasteiger partial charge in [0.05, 0.1) is 14.2 Å². The van der Waals surface area contributed by atoms with Crippen molar-refractivity contribution in [3.05, 3.63) is 52.2 Å². The fourth-order valence-corrected chi connectivity index (χ4v) is 2.62. The number of likely N-dealkylation sites (N-methyl/N-ethyl adjacent to an activating group) is 1. The number of rotatable bonds is 6. The van der Waals surface area contributed by atoms with Gasteiger partial charge in [0.2, 0.25) is 5.91 Å². The van der Waals surface area contributed by atoms with E-state index >= 15 is 0 Å². The summed E-state index contributed by atoms with van der Waals surface area (Å²) in [7, 11) is 4.97. The number of ether oxygens (including phenoxy) is 2. The predicted octanol–water partition coefficient (Wildman–Crippen LogP) is 3.44. The number of nitrogens with zero attached hydrogens (tertiary/aromatic N) is 1. The molecule has 0 unspecified atom stereocenters. The third-order valence-corrected chi connectivity index (χ3v) is 4.01. The third kappa shape index (κ3) is 4.11. The first-order valence-electron chi connectivity index (χ1n) is 6.81. The van der Waals surface area contributed by atoms with Gasteiger partial charge in [-0.15, -0.1) is 11.3 Å². The average molecular weight is 317 g/mol. The molecule has 2 aromatic rings. The van der Waals surface area contributed by atoms with Gasteiger partial charge in [-0.3, -0.25) is 4.79 Å². The summed E-state index contributed by atoms with van der Waals surface area (Å²) in [6.07, 6.45) is 3.42. The monoisotopic (exact) mass is 317 g/mol. The largest absolute Gasteiger partial charge is 0.493 e. The van der Waals surface area contributed by atoms with Crippen molar-refractivity contribution in [2.75, 3.05) is 21.3 Å². The molecule has 4 nitrogen and oxygen atoms in total. The Morgan fingerprint density at radius 3 is 2.64 bits per heavy atom. The number of carbonyl (C=O) groups excluding carboxylic acids is 1. The van der Waals surface area contributed by atoms with Crippen LogP contribution in [0.5, 0.6) is 11.5 Å². The molecule has 1 amide bonds. The van der Waals surface area contributed by atoms with E-state index in [4.69, 9.17) is 9.47 Å². The highest BCUT2D eigenvalue weighted by atomic mass is 32.1. The van der Waals surface area contributed by atoms with E-state index in [2.05, 4.69) is 0 Å².